The smallest absolute Gasteiger partial charge is 0.308 e. The van der Waals surface area contributed by atoms with Crippen LogP contribution >= 0.6 is 0 Å². The average molecular weight is 381 g/mol. The van der Waals surface area contributed by atoms with E-state index in [1.165, 1.54) is 0 Å². The van der Waals surface area contributed by atoms with Gasteiger partial charge in [-0.2, -0.15) is 0 Å². The van der Waals surface area contributed by atoms with Gasteiger partial charge in [0.15, 0.2) is 17.1 Å². The van der Waals surface area contributed by atoms with Crippen LogP contribution in [-0.4, -0.2) is 29.3 Å². The quantitative estimate of drug-likeness (QED) is 0.560. The fourth-order valence-corrected chi connectivity index (χ4v) is 2.78. The van der Waals surface area contributed by atoms with Crippen LogP contribution in [0.25, 0.3) is 22.7 Å². The lowest BCUT2D eigenvalue weighted by Gasteiger charge is -2.12. The van der Waals surface area contributed by atoms with E-state index < -0.39 is 5.97 Å². The normalized spacial score (nSPS) is 11.6. The predicted molar refractivity (Wildman–Crippen MR) is 108 cm³/mol. The molecular weight excluding hydrogens is 358 g/mol. The molecule has 6 nitrogen and oxygen atoms in total. The van der Waals surface area contributed by atoms with Gasteiger partial charge in [-0.25, -0.2) is 4.98 Å². The Morgan fingerprint density at radius 2 is 1.96 bits per heavy atom. The lowest BCUT2D eigenvalue weighted by molar-refractivity contribution is -0.135. The Hall–Kier alpha value is -3.28. The zero-order valence-electron chi connectivity index (χ0n) is 16.0. The van der Waals surface area contributed by atoms with E-state index in [1.807, 2.05) is 50.2 Å². The second-order valence-electron chi connectivity index (χ2n) is 6.21. The Labute approximate surface area is 163 Å². The molecule has 3 rings (SSSR count). The van der Waals surface area contributed by atoms with Crippen molar-refractivity contribution in [1.82, 2.24) is 4.98 Å². The minimum Gasteiger partial charge on any atom is -0.490 e. The van der Waals surface area contributed by atoms with Crippen LogP contribution in [0.3, 0.4) is 0 Å². The molecular formula is C22H23NO5. The Balaban J connectivity index is 1.99. The number of ether oxygens (including phenoxy) is 2. The maximum Gasteiger partial charge on any atom is 0.308 e. The van der Waals surface area contributed by atoms with Gasteiger partial charge in [0, 0.05) is 5.57 Å². The van der Waals surface area contributed by atoms with E-state index in [-0.39, 0.29) is 6.42 Å². The SMILES string of the molecule is CCCOc1ccc(/C=C(\CC(=O)O)c2nc3ccccc3o2)cc1OCC. The number of fused-ring (bicyclic) bond motifs is 1. The van der Waals surface area contributed by atoms with Gasteiger partial charge < -0.3 is 19.0 Å². The largest absolute Gasteiger partial charge is 0.490 e. The molecule has 0 aliphatic rings. The Morgan fingerprint density at radius 1 is 1.14 bits per heavy atom. The van der Waals surface area contributed by atoms with Crippen LogP contribution < -0.4 is 9.47 Å². The van der Waals surface area contributed by atoms with Crippen molar-refractivity contribution in [3.05, 3.63) is 53.9 Å². The summed E-state index contributed by atoms with van der Waals surface area (Å²) in [4.78, 5) is 15.8. The van der Waals surface area contributed by atoms with Gasteiger partial charge in [0.25, 0.3) is 0 Å². The topological polar surface area (TPSA) is 81.8 Å². The third-order valence-electron chi connectivity index (χ3n) is 3.98. The molecule has 0 amide bonds. The van der Waals surface area contributed by atoms with Crippen LogP contribution in [0.5, 0.6) is 11.5 Å². The van der Waals surface area contributed by atoms with Crippen LogP contribution in [0.4, 0.5) is 0 Å². The van der Waals surface area contributed by atoms with E-state index in [9.17, 15) is 9.90 Å². The minimum absolute atomic E-state index is 0.203. The molecule has 3 aromatic rings. The van der Waals surface area contributed by atoms with Crippen molar-refractivity contribution in [2.45, 2.75) is 26.7 Å². The third kappa shape index (κ3) is 4.71. The van der Waals surface area contributed by atoms with E-state index >= 15 is 0 Å². The summed E-state index contributed by atoms with van der Waals surface area (Å²) in [5.41, 5.74) is 2.57. The first kappa shape index (κ1) is 19.5. The zero-order chi connectivity index (χ0) is 19.9. The number of carboxylic acids is 1. The highest BCUT2D eigenvalue weighted by molar-refractivity contribution is 5.91. The number of para-hydroxylation sites is 2. The van der Waals surface area contributed by atoms with E-state index in [0.29, 0.717) is 47.3 Å². The number of rotatable bonds is 9. The summed E-state index contributed by atoms with van der Waals surface area (Å²) in [6.07, 6.45) is 2.45. The van der Waals surface area contributed by atoms with Crippen molar-refractivity contribution in [1.29, 1.82) is 0 Å². The van der Waals surface area contributed by atoms with Gasteiger partial charge in [-0.3, -0.25) is 4.79 Å². The highest BCUT2D eigenvalue weighted by Crippen LogP contribution is 2.31. The summed E-state index contributed by atoms with van der Waals surface area (Å²) >= 11 is 0. The summed E-state index contributed by atoms with van der Waals surface area (Å²) in [5, 5.41) is 9.32. The van der Waals surface area contributed by atoms with Crippen LogP contribution in [-0.2, 0) is 4.79 Å². The van der Waals surface area contributed by atoms with Gasteiger partial charge in [-0.15, -0.1) is 0 Å². The molecule has 0 spiro atoms. The number of carboxylic acid groups (broad SMARTS) is 1. The second-order valence-corrected chi connectivity index (χ2v) is 6.21. The summed E-state index contributed by atoms with van der Waals surface area (Å²) in [5.74, 6) is 0.633. The highest BCUT2D eigenvalue weighted by Gasteiger charge is 2.15. The first-order valence-electron chi connectivity index (χ1n) is 9.28. The number of oxazole rings is 1. The van der Waals surface area contributed by atoms with Gasteiger partial charge >= 0.3 is 5.97 Å². The number of hydrogen-bond acceptors (Lipinski definition) is 5. The molecule has 1 aromatic heterocycles. The van der Waals surface area contributed by atoms with E-state index in [1.54, 1.807) is 12.1 Å². The molecule has 0 aliphatic heterocycles. The number of aliphatic carboxylic acids is 1. The van der Waals surface area contributed by atoms with E-state index in [4.69, 9.17) is 13.9 Å². The highest BCUT2D eigenvalue weighted by atomic mass is 16.5. The second kappa shape index (κ2) is 9.08. The van der Waals surface area contributed by atoms with E-state index in [0.717, 1.165) is 12.0 Å². The van der Waals surface area contributed by atoms with Crippen LogP contribution in [0.15, 0.2) is 46.9 Å². The first-order chi connectivity index (χ1) is 13.6. The fourth-order valence-electron chi connectivity index (χ4n) is 2.78. The van der Waals surface area contributed by atoms with Crippen LogP contribution in [0.2, 0.25) is 0 Å². The third-order valence-corrected chi connectivity index (χ3v) is 3.98. The molecule has 0 atom stereocenters. The molecule has 146 valence electrons. The van der Waals surface area contributed by atoms with Crippen molar-refractivity contribution in [3.8, 4) is 11.5 Å². The number of benzene rings is 2. The van der Waals surface area contributed by atoms with Gasteiger partial charge in [0.2, 0.25) is 5.89 Å². The molecule has 0 fully saturated rings. The van der Waals surface area contributed by atoms with Crippen molar-refractivity contribution in [2.24, 2.45) is 0 Å². The number of nitrogens with zero attached hydrogens (tertiary/aromatic N) is 1. The summed E-state index contributed by atoms with van der Waals surface area (Å²) < 4.78 is 17.2. The number of carbonyl (C=O) groups is 1. The van der Waals surface area contributed by atoms with Crippen molar-refractivity contribution < 1.29 is 23.8 Å². The molecule has 6 heteroatoms. The van der Waals surface area contributed by atoms with Crippen molar-refractivity contribution >= 4 is 28.7 Å². The summed E-state index contributed by atoms with van der Waals surface area (Å²) in [7, 11) is 0. The summed E-state index contributed by atoms with van der Waals surface area (Å²) in [6, 6.07) is 12.9. The molecule has 0 bridgehead atoms. The zero-order valence-corrected chi connectivity index (χ0v) is 16.0. The van der Waals surface area contributed by atoms with Gasteiger partial charge in [-0.05, 0) is 49.2 Å². The lowest BCUT2D eigenvalue weighted by atomic mass is 10.1. The Bertz CT molecular complexity index is 957. The molecule has 0 saturated carbocycles. The Morgan fingerprint density at radius 3 is 2.68 bits per heavy atom. The minimum atomic E-state index is -0.957. The molecule has 2 aromatic carbocycles. The molecule has 0 radical (unpaired) electrons. The van der Waals surface area contributed by atoms with Crippen molar-refractivity contribution in [3.63, 3.8) is 0 Å². The van der Waals surface area contributed by atoms with Gasteiger partial charge in [0.05, 0.1) is 19.6 Å². The van der Waals surface area contributed by atoms with Crippen molar-refractivity contribution in [2.75, 3.05) is 13.2 Å². The maximum atomic E-state index is 11.4. The maximum absolute atomic E-state index is 11.4. The molecule has 1 N–H and O–H groups in total. The molecule has 0 unspecified atom stereocenters. The first-order valence-corrected chi connectivity index (χ1v) is 9.28. The molecule has 0 saturated heterocycles. The lowest BCUT2D eigenvalue weighted by Crippen LogP contribution is -2.00. The van der Waals surface area contributed by atoms with Crippen LogP contribution in [0, 0.1) is 0 Å². The van der Waals surface area contributed by atoms with E-state index in [2.05, 4.69) is 4.98 Å². The van der Waals surface area contributed by atoms with Gasteiger partial charge in [-0.1, -0.05) is 25.1 Å². The predicted octanol–water partition coefficient (Wildman–Crippen LogP) is 5.03. The Kier molecular flexibility index (Phi) is 6.32. The molecule has 0 aliphatic carbocycles. The fraction of sp³-hybridized carbons (Fsp3) is 0.273. The molecule has 1 heterocycles. The van der Waals surface area contributed by atoms with Gasteiger partial charge in [0.1, 0.15) is 5.52 Å². The summed E-state index contributed by atoms with van der Waals surface area (Å²) in [6.45, 7) is 5.04. The standard InChI is InChI=1S/C22H23NO5/c1-3-11-27-19-10-9-15(13-20(19)26-4-2)12-16(14-21(24)25)22-23-17-7-5-6-8-18(17)28-22/h5-10,12-13H,3-4,11,14H2,1-2H3,(H,24,25)/b16-12+. The average Bonchev–Trinajstić information content (AvgIpc) is 3.11. The van der Waals surface area contributed by atoms with Crippen LogP contribution in [0.1, 0.15) is 38.1 Å². The monoisotopic (exact) mass is 381 g/mol. The molecule has 28 heavy (non-hydrogen) atoms. The number of aromatic nitrogens is 1. The number of hydrogen-bond donors (Lipinski definition) is 1.